The summed E-state index contributed by atoms with van der Waals surface area (Å²) in [5, 5.41) is 11.2. The molecule has 0 aromatic heterocycles. The van der Waals surface area contributed by atoms with Crippen LogP contribution >= 0.6 is 0 Å². The second kappa shape index (κ2) is 10.5. The number of carbonyl (C=O) groups is 3. The minimum absolute atomic E-state index is 0.0967. The van der Waals surface area contributed by atoms with Crippen molar-refractivity contribution in [2.45, 2.75) is 19.2 Å². The lowest BCUT2D eigenvalue weighted by Crippen LogP contribution is -2.45. The minimum Gasteiger partial charge on any atom is -0.478 e. The average Bonchev–Trinajstić information content (AvgIpc) is 2.98. The molecule has 2 N–H and O–H groups in total. The second-order valence-corrected chi connectivity index (χ2v) is 8.40. The highest BCUT2D eigenvalue weighted by Crippen LogP contribution is 2.40. The van der Waals surface area contributed by atoms with Crippen molar-refractivity contribution in [3.05, 3.63) is 96.2 Å². The molecule has 3 aromatic carbocycles. The molecule has 1 aliphatic heterocycles. The van der Waals surface area contributed by atoms with E-state index in [1.54, 1.807) is 17.0 Å². The van der Waals surface area contributed by atoms with Crippen LogP contribution in [-0.4, -0.2) is 41.7 Å². The molecule has 3 aromatic rings. The summed E-state index contributed by atoms with van der Waals surface area (Å²) in [5.41, 5.74) is 0.685. The van der Waals surface area contributed by atoms with E-state index in [0.29, 0.717) is 24.8 Å². The standard InChI is InChI=1S/C28H25FN2O5/c1-28(29,27(34)35)26(33)30-17-23-21-12-6-5-11-20(21)22-13-7-8-14-24(22)31(25(23)32)15-16-36-18-19-9-3-2-4-10-19/h2-14,17H,15-16,18H2,1H3,(H,30,33)(H,34,35)/b23-17-/t28-/m1/s1. The van der Waals surface area contributed by atoms with E-state index in [1.807, 2.05) is 66.7 Å². The highest BCUT2D eigenvalue weighted by Gasteiger charge is 2.41. The van der Waals surface area contributed by atoms with Gasteiger partial charge in [0.05, 0.1) is 24.5 Å². The Morgan fingerprint density at radius 1 is 0.972 bits per heavy atom. The SMILES string of the molecule is C[C@](F)(C(=O)O)C(=O)N/C=C1\C(=O)N(CCOCc2ccccc2)c2ccccc2-c2ccccc21. The van der Waals surface area contributed by atoms with E-state index in [0.717, 1.165) is 22.9 Å². The monoisotopic (exact) mass is 488 g/mol. The summed E-state index contributed by atoms with van der Waals surface area (Å²) in [5.74, 6) is -3.74. The quantitative estimate of drug-likeness (QED) is 0.282. The summed E-state index contributed by atoms with van der Waals surface area (Å²) < 4.78 is 20.1. The third-order valence-corrected chi connectivity index (χ3v) is 5.92. The van der Waals surface area contributed by atoms with Gasteiger partial charge in [0.15, 0.2) is 0 Å². The van der Waals surface area contributed by atoms with Crippen LogP contribution in [0.25, 0.3) is 16.7 Å². The third-order valence-electron chi connectivity index (χ3n) is 5.92. The van der Waals surface area contributed by atoms with Crippen molar-refractivity contribution in [3.63, 3.8) is 0 Å². The molecule has 0 saturated heterocycles. The summed E-state index contributed by atoms with van der Waals surface area (Å²) in [7, 11) is 0. The number of alkyl halides is 1. The summed E-state index contributed by atoms with van der Waals surface area (Å²) in [6.45, 7) is 1.50. The Morgan fingerprint density at radius 3 is 2.28 bits per heavy atom. The molecule has 1 aliphatic rings. The molecule has 0 radical (unpaired) electrons. The number of para-hydroxylation sites is 1. The largest absolute Gasteiger partial charge is 0.478 e. The van der Waals surface area contributed by atoms with Gasteiger partial charge in [-0.05, 0) is 29.7 Å². The fraction of sp³-hybridized carbons (Fsp3) is 0.179. The van der Waals surface area contributed by atoms with E-state index in [-0.39, 0.29) is 18.7 Å². The molecule has 0 bridgehead atoms. The van der Waals surface area contributed by atoms with Crippen LogP contribution in [0.3, 0.4) is 0 Å². The molecule has 0 aliphatic carbocycles. The van der Waals surface area contributed by atoms with E-state index in [9.17, 15) is 18.8 Å². The van der Waals surface area contributed by atoms with Crippen molar-refractivity contribution < 1.29 is 28.6 Å². The summed E-state index contributed by atoms with van der Waals surface area (Å²) >= 11 is 0. The van der Waals surface area contributed by atoms with Gasteiger partial charge in [-0.25, -0.2) is 9.18 Å². The number of carboxylic acids is 1. The fourth-order valence-electron chi connectivity index (χ4n) is 3.91. The molecule has 1 atom stereocenters. The van der Waals surface area contributed by atoms with Gasteiger partial charge in [0.2, 0.25) is 0 Å². The van der Waals surface area contributed by atoms with Crippen molar-refractivity contribution in [2.75, 3.05) is 18.1 Å². The number of hydrogen-bond acceptors (Lipinski definition) is 4. The molecule has 0 unspecified atom stereocenters. The van der Waals surface area contributed by atoms with E-state index in [4.69, 9.17) is 9.84 Å². The topological polar surface area (TPSA) is 95.9 Å². The Kier molecular flexibility index (Phi) is 7.26. The Labute approximate surface area is 207 Å². The minimum atomic E-state index is -3.15. The van der Waals surface area contributed by atoms with Gasteiger partial charge in [-0.15, -0.1) is 0 Å². The van der Waals surface area contributed by atoms with Crippen LogP contribution in [0.2, 0.25) is 0 Å². The lowest BCUT2D eigenvalue weighted by Gasteiger charge is -2.23. The van der Waals surface area contributed by atoms with Gasteiger partial charge >= 0.3 is 5.97 Å². The predicted octanol–water partition coefficient (Wildman–Crippen LogP) is 4.19. The molecule has 8 heteroatoms. The maximum Gasteiger partial charge on any atom is 0.351 e. The number of aliphatic carboxylic acids is 1. The third kappa shape index (κ3) is 5.04. The number of carboxylic acid groups (broad SMARTS) is 1. The van der Waals surface area contributed by atoms with Gasteiger partial charge in [-0.2, -0.15) is 0 Å². The number of hydrogen-bond donors (Lipinski definition) is 2. The Hall–Kier alpha value is -4.30. The molecular weight excluding hydrogens is 463 g/mol. The average molecular weight is 489 g/mol. The van der Waals surface area contributed by atoms with Crippen LogP contribution in [0.1, 0.15) is 18.1 Å². The summed E-state index contributed by atoms with van der Waals surface area (Å²) in [6, 6.07) is 24.2. The summed E-state index contributed by atoms with van der Waals surface area (Å²) in [6.07, 6.45) is 1.08. The number of benzene rings is 3. The number of nitrogens with zero attached hydrogens (tertiary/aromatic N) is 1. The van der Waals surface area contributed by atoms with Crippen molar-refractivity contribution in [2.24, 2.45) is 0 Å². The van der Waals surface area contributed by atoms with Crippen LogP contribution in [0.5, 0.6) is 0 Å². The first-order chi connectivity index (χ1) is 17.3. The molecule has 1 heterocycles. The van der Waals surface area contributed by atoms with Gasteiger partial charge in [0.25, 0.3) is 17.5 Å². The smallest absolute Gasteiger partial charge is 0.351 e. The molecule has 2 amide bonds. The van der Waals surface area contributed by atoms with Crippen molar-refractivity contribution in [1.82, 2.24) is 5.32 Å². The van der Waals surface area contributed by atoms with Crippen molar-refractivity contribution in [1.29, 1.82) is 0 Å². The van der Waals surface area contributed by atoms with E-state index < -0.39 is 23.5 Å². The molecule has 4 rings (SSSR count). The molecule has 0 spiro atoms. The normalized spacial score (nSPS) is 15.4. The molecule has 0 fully saturated rings. The zero-order valence-electron chi connectivity index (χ0n) is 19.6. The van der Waals surface area contributed by atoms with Crippen LogP contribution in [0.15, 0.2) is 85.1 Å². The van der Waals surface area contributed by atoms with Gasteiger partial charge in [0, 0.05) is 18.3 Å². The maximum absolute atomic E-state index is 14.3. The number of amides is 2. The zero-order chi connectivity index (χ0) is 25.7. The van der Waals surface area contributed by atoms with Gasteiger partial charge in [-0.3, -0.25) is 9.59 Å². The fourth-order valence-corrected chi connectivity index (χ4v) is 3.91. The number of halogens is 1. The molecule has 7 nitrogen and oxygen atoms in total. The first-order valence-electron chi connectivity index (χ1n) is 11.4. The lowest BCUT2D eigenvalue weighted by atomic mass is 9.95. The van der Waals surface area contributed by atoms with Gasteiger partial charge < -0.3 is 20.1 Å². The molecule has 0 saturated carbocycles. The van der Waals surface area contributed by atoms with E-state index in [1.165, 1.54) is 0 Å². The molecule has 36 heavy (non-hydrogen) atoms. The first kappa shape index (κ1) is 24.8. The maximum atomic E-state index is 14.3. The number of nitrogens with one attached hydrogen (secondary N) is 1. The van der Waals surface area contributed by atoms with Crippen molar-refractivity contribution in [3.8, 4) is 11.1 Å². The highest BCUT2D eigenvalue weighted by molar-refractivity contribution is 6.30. The zero-order valence-corrected chi connectivity index (χ0v) is 19.6. The van der Waals surface area contributed by atoms with E-state index in [2.05, 4.69) is 5.32 Å². The van der Waals surface area contributed by atoms with Gasteiger partial charge in [0.1, 0.15) is 0 Å². The summed E-state index contributed by atoms with van der Waals surface area (Å²) in [4.78, 5) is 38.7. The van der Waals surface area contributed by atoms with Crippen LogP contribution in [0, 0.1) is 0 Å². The Balaban J connectivity index is 1.66. The van der Waals surface area contributed by atoms with Crippen LogP contribution in [-0.2, 0) is 25.7 Å². The van der Waals surface area contributed by atoms with Crippen LogP contribution in [0.4, 0.5) is 10.1 Å². The molecule has 184 valence electrons. The molecular formula is C28H25FN2O5. The number of anilines is 1. The Morgan fingerprint density at radius 2 is 1.58 bits per heavy atom. The first-order valence-corrected chi connectivity index (χ1v) is 11.4. The highest BCUT2D eigenvalue weighted by atomic mass is 19.1. The number of ether oxygens (including phenoxy) is 1. The number of fused-ring (bicyclic) bond motifs is 3. The number of carbonyl (C=O) groups excluding carboxylic acids is 2. The van der Waals surface area contributed by atoms with Gasteiger partial charge in [-0.1, -0.05) is 72.8 Å². The Bertz CT molecular complexity index is 1320. The second-order valence-electron chi connectivity index (χ2n) is 8.40. The number of rotatable bonds is 8. The van der Waals surface area contributed by atoms with E-state index >= 15 is 0 Å². The predicted molar refractivity (Wildman–Crippen MR) is 134 cm³/mol. The van der Waals surface area contributed by atoms with Crippen molar-refractivity contribution >= 4 is 29.0 Å². The lowest BCUT2D eigenvalue weighted by molar-refractivity contribution is -0.156. The van der Waals surface area contributed by atoms with Crippen LogP contribution < -0.4 is 10.2 Å².